The average molecular weight is 2430 g/mol. The summed E-state index contributed by atoms with van der Waals surface area (Å²) in [5.41, 5.74) is 2.18. The Labute approximate surface area is 634 Å². The molecule has 0 unspecified atom stereocenters. The van der Waals surface area contributed by atoms with Crippen molar-refractivity contribution in [1.29, 1.82) is 0 Å². The second-order valence-electron chi connectivity index (χ2n) is 17.5. The Kier molecular flexibility index (Phi) is 35.6. The standard InChI is InChI=1S/C14H7F3NS.C13H8NS.2C10H5F3NS.C10H8NS.C9H6NS.6Ir/c15-14(16,17)10-5-6-11(18-8-10)13-7-9-3-1-2-4-12(9)19-13;1-2-7-12-10(5-1)9-13(15-12)11-6-3-4-8-14-11;11-10(12,13)7-3-4-14-8(6-7)9-2-1-5-15-9;11-10(12,13)7-3-4-8(14-6-7)9-2-1-5-15-9;1-8-5-6-10(12-8)9-4-2-3-7-11-9;1-2-6-10-8(4-1)9-5-3-7-11-9;;;;;;/h1-6,8H;1-8H;2*1,3-6H;2-5,7H,1H3;1-4,6-7H;;;;;;/q6*-1;;;;;;. The van der Waals surface area contributed by atoms with Crippen LogP contribution in [0.2, 0.25) is 0 Å². The number of hydrogen-bond donors (Lipinski definition) is 0. The molecule has 0 bridgehead atoms. The first-order valence-corrected chi connectivity index (χ1v) is 30.5. The Morgan fingerprint density at radius 1 is 0.333 bits per heavy atom. The van der Waals surface area contributed by atoms with Crippen LogP contribution in [0.3, 0.4) is 0 Å². The van der Waals surface area contributed by atoms with Gasteiger partial charge in [0.15, 0.2) is 0 Å². The maximum atomic E-state index is 12.4. The Hall–Kier alpha value is -4.67. The van der Waals surface area contributed by atoms with E-state index in [9.17, 15) is 39.5 Å². The maximum absolute atomic E-state index is 12.4. The first-order chi connectivity index (χ1) is 41.9. The number of rotatable bonds is 6. The number of aryl methyl sites for hydroxylation is 1. The first-order valence-electron chi connectivity index (χ1n) is 25.4. The molecule has 6 nitrogen and oxygen atoms in total. The molecule has 0 spiro atoms. The summed E-state index contributed by atoms with van der Waals surface area (Å²) in [6.07, 6.45) is -4.74. The van der Waals surface area contributed by atoms with Gasteiger partial charge in [-0.3, -0.25) is 0 Å². The van der Waals surface area contributed by atoms with Crippen molar-refractivity contribution < 1.29 is 160 Å². The fraction of sp³-hybridized carbons (Fsp3) is 0.0606. The normalized spacial score (nSPS) is 10.4. The zero-order chi connectivity index (χ0) is 61.2. The van der Waals surface area contributed by atoms with Crippen LogP contribution in [0.25, 0.3) is 83.6 Å². The van der Waals surface area contributed by atoms with Gasteiger partial charge in [0.25, 0.3) is 0 Å². The third-order valence-electron chi connectivity index (χ3n) is 11.4. The van der Waals surface area contributed by atoms with Crippen molar-refractivity contribution in [1.82, 2.24) is 29.9 Å². The predicted octanol–water partition coefficient (Wildman–Crippen LogP) is 21.3. The minimum atomic E-state index is -4.35. The Morgan fingerprint density at radius 3 is 1.04 bits per heavy atom. The van der Waals surface area contributed by atoms with Crippen LogP contribution in [0.4, 0.5) is 39.5 Å². The van der Waals surface area contributed by atoms with Crippen molar-refractivity contribution >= 4 is 88.2 Å². The molecular formula is C66H39F9Ir6N6S6-6. The fourth-order valence-corrected chi connectivity index (χ4v) is 12.0. The van der Waals surface area contributed by atoms with Crippen LogP contribution >= 0.6 is 68.0 Å². The van der Waals surface area contributed by atoms with Gasteiger partial charge in [-0.25, -0.2) is 68.0 Å². The number of aromatic nitrogens is 6. The molecule has 12 aromatic heterocycles. The smallest absolute Gasteiger partial charge is 0.319 e. The molecule has 12 heterocycles. The van der Waals surface area contributed by atoms with Gasteiger partial charge in [-0.2, -0.15) is 88.0 Å². The number of nitrogens with zero attached hydrogens (tertiary/aromatic N) is 6. The minimum Gasteiger partial charge on any atom is -0.319 e. The van der Waals surface area contributed by atoms with E-state index < -0.39 is 35.2 Å². The van der Waals surface area contributed by atoms with Crippen molar-refractivity contribution in [2.24, 2.45) is 0 Å². The molecule has 0 atom stereocenters. The summed E-state index contributed by atoms with van der Waals surface area (Å²) in [6.45, 7) is 2.08. The SMILES string of the molecule is Cc1c[c-]c(-c2ccccn2)s1.FC(F)(F)c1ccc(-c2[c-]c3ccccc3s2)nc1.FC(F)(F)c1ccc(-c2[c-]ccs2)nc1.FC(F)(F)c1ccnc(-c2[c-]ccs2)c1.[Ir].[Ir].[Ir].[Ir].[Ir].[Ir].[c-]1c(-c2ccccn2)sc2ccccc12.[c-]1ccsc1-c1ccccn1. The number of fused-ring (bicyclic) bond motifs is 2. The second kappa shape index (κ2) is 40.1. The van der Waals surface area contributed by atoms with Crippen molar-refractivity contribution in [3.63, 3.8) is 0 Å². The summed E-state index contributed by atoms with van der Waals surface area (Å²) in [7, 11) is 0. The van der Waals surface area contributed by atoms with E-state index in [-0.39, 0.29) is 121 Å². The largest absolute Gasteiger partial charge is 0.417 e. The zero-order valence-electron chi connectivity index (χ0n) is 46.8. The number of halogens is 9. The molecule has 492 valence electrons. The summed E-state index contributed by atoms with van der Waals surface area (Å²) in [6, 6.07) is 66.3. The molecule has 0 N–H and O–H groups in total. The van der Waals surface area contributed by atoms with E-state index in [1.54, 1.807) is 69.3 Å². The van der Waals surface area contributed by atoms with Crippen LogP contribution in [0.15, 0.2) is 217 Å². The molecule has 0 saturated carbocycles. The molecule has 14 aromatic rings. The molecule has 2 aromatic carbocycles. The van der Waals surface area contributed by atoms with Crippen LogP contribution in [-0.2, 0) is 139 Å². The number of hydrogen-bond acceptors (Lipinski definition) is 12. The molecule has 0 aliphatic carbocycles. The Balaban J connectivity index is 0.000000289. The maximum Gasteiger partial charge on any atom is 0.417 e. The van der Waals surface area contributed by atoms with E-state index in [4.69, 9.17) is 0 Å². The van der Waals surface area contributed by atoms with E-state index in [1.165, 1.54) is 61.1 Å². The average Bonchev–Trinajstić information content (AvgIpc) is 1.80. The van der Waals surface area contributed by atoms with Gasteiger partial charge in [-0.05, 0) is 66.2 Å². The number of thiophene rings is 6. The van der Waals surface area contributed by atoms with Crippen molar-refractivity contribution in [2.45, 2.75) is 25.5 Å². The van der Waals surface area contributed by atoms with Crippen molar-refractivity contribution in [3.05, 3.63) is 275 Å². The van der Waals surface area contributed by atoms with Gasteiger partial charge in [0.1, 0.15) is 0 Å². The molecular weight excluding hydrogens is 2390 g/mol. The van der Waals surface area contributed by atoms with Crippen LogP contribution in [0.1, 0.15) is 21.6 Å². The predicted molar refractivity (Wildman–Crippen MR) is 333 cm³/mol. The Bertz CT molecular complexity index is 4250. The summed E-state index contributed by atoms with van der Waals surface area (Å²) in [5, 5.41) is 7.67. The molecule has 0 saturated heterocycles. The van der Waals surface area contributed by atoms with Gasteiger partial charge in [0.2, 0.25) is 0 Å². The van der Waals surface area contributed by atoms with Crippen molar-refractivity contribution in [2.75, 3.05) is 0 Å². The summed E-state index contributed by atoms with van der Waals surface area (Å²) >= 11 is 9.28. The van der Waals surface area contributed by atoms with E-state index in [1.807, 2.05) is 109 Å². The number of benzene rings is 2. The van der Waals surface area contributed by atoms with Crippen LogP contribution < -0.4 is 0 Å². The molecule has 27 heteroatoms. The minimum absolute atomic E-state index is 0. The monoisotopic (exact) mass is 2440 g/mol. The molecule has 0 amide bonds. The van der Waals surface area contributed by atoms with E-state index >= 15 is 0 Å². The number of alkyl halides is 9. The molecule has 93 heavy (non-hydrogen) atoms. The molecule has 0 aliphatic rings. The summed E-state index contributed by atoms with van der Waals surface area (Å²) in [5.74, 6) is 0. The Morgan fingerprint density at radius 2 is 0.699 bits per heavy atom. The first kappa shape index (κ1) is 82.6. The van der Waals surface area contributed by atoms with Gasteiger partial charge in [0.05, 0.1) is 11.1 Å². The quantitative estimate of drug-likeness (QED) is 0.122. The molecule has 0 fully saturated rings. The summed E-state index contributed by atoms with van der Waals surface area (Å²) < 4.78 is 113. The second-order valence-corrected chi connectivity index (χ2v) is 23.7. The van der Waals surface area contributed by atoms with Crippen LogP contribution in [0, 0.1) is 43.3 Å². The van der Waals surface area contributed by atoms with Crippen molar-refractivity contribution in [3.8, 4) is 63.4 Å². The molecule has 0 aliphatic heterocycles. The topological polar surface area (TPSA) is 77.3 Å². The van der Waals surface area contributed by atoms with Crippen LogP contribution in [0.5, 0.6) is 0 Å². The van der Waals surface area contributed by atoms with Crippen LogP contribution in [-0.4, -0.2) is 29.9 Å². The van der Waals surface area contributed by atoms with E-state index in [0.29, 0.717) is 22.0 Å². The molecule has 14 rings (SSSR count). The van der Waals surface area contributed by atoms with Gasteiger partial charge >= 0.3 is 18.5 Å². The third kappa shape index (κ3) is 25.0. The van der Waals surface area contributed by atoms with E-state index in [0.717, 1.165) is 94.4 Å². The van der Waals surface area contributed by atoms with Gasteiger partial charge in [-0.15, -0.1) is 63.3 Å². The van der Waals surface area contributed by atoms with Gasteiger partial charge < -0.3 is 29.9 Å². The summed E-state index contributed by atoms with van der Waals surface area (Å²) in [4.78, 5) is 31.0. The number of pyridine rings is 6. The van der Waals surface area contributed by atoms with Gasteiger partial charge in [0, 0.05) is 175 Å². The van der Waals surface area contributed by atoms with Gasteiger partial charge in [-0.1, -0.05) is 122 Å². The third-order valence-corrected chi connectivity index (χ3v) is 17.1. The zero-order valence-corrected chi connectivity index (χ0v) is 66.1. The van der Waals surface area contributed by atoms with E-state index in [2.05, 4.69) is 91.4 Å². The fourth-order valence-electron chi connectivity index (χ4n) is 7.33. The molecule has 6 radical (unpaired) electrons.